The summed E-state index contributed by atoms with van der Waals surface area (Å²) >= 11 is 0. The first-order valence-corrected chi connectivity index (χ1v) is 10.8. The lowest BCUT2D eigenvalue weighted by Gasteiger charge is -2.43. The van der Waals surface area contributed by atoms with Crippen molar-refractivity contribution < 1.29 is 18.7 Å². The highest BCUT2D eigenvalue weighted by atomic mass is 19.1. The molecule has 1 saturated heterocycles. The van der Waals surface area contributed by atoms with Crippen LogP contribution in [0.4, 0.5) is 4.39 Å². The Morgan fingerprint density at radius 1 is 1.39 bits per heavy atom. The highest BCUT2D eigenvalue weighted by Gasteiger charge is 2.43. The van der Waals surface area contributed by atoms with Crippen LogP contribution >= 0.6 is 0 Å². The average Bonchev–Trinajstić information content (AvgIpc) is 3.54. The molecule has 2 heterocycles. The zero-order chi connectivity index (χ0) is 22.1. The average molecular weight is 426 g/mol. The highest BCUT2D eigenvalue weighted by Crippen LogP contribution is 2.36. The van der Waals surface area contributed by atoms with E-state index in [2.05, 4.69) is 16.0 Å². The van der Waals surface area contributed by atoms with Crippen LogP contribution in [0.5, 0.6) is 0 Å². The quantitative estimate of drug-likeness (QED) is 0.647. The molecular formula is C23H27FN4O3. The molecule has 2 amide bonds. The molecule has 1 aromatic rings. The van der Waals surface area contributed by atoms with E-state index in [4.69, 9.17) is 10.00 Å². The zero-order valence-corrected chi connectivity index (χ0v) is 17.7. The summed E-state index contributed by atoms with van der Waals surface area (Å²) in [6.07, 6.45) is 2.95. The number of nitrogens with zero attached hydrogens (tertiary/aromatic N) is 1. The van der Waals surface area contributed by atoms with Gasteiger partial charge in [0.25, 0.3) is 0 Å². The molecule has 0 radical (unpaired) electrons. The van der Waals surface area contributed by atoms with E-state index >= 15 is 0 Å². The lowest BCUT2D eigenvalue weighted by atomic mass is 9.79. The van der Waals surface area contributed by atoms with E-state index in [1.54, 1.807) is 6.92 Å². The summed E-state index contributed by atoms with van der Waals surface area (Å²) < 4.78 is 20.4. The normalized spacial score (nSPS) is 26.5. The van der Waals surface area contributed by atoms with Crippen LogP contribution in [-0.2, 0) is 14.3 Å². The van der Waals surface area contributed by atoms with Crippen LogP contribution in [0.25, 0.3) is 0 Å². The molecule has 8 heteroatoms. The zero-order valence-electron chi connectivity index (χ0n) is 17.7. The number of benzene rings is 1. The molecule has 0 aromatic heterocycles. The van der Waals surface area contributed by atoms with Crippen molar-refractivity contribution in [3.63, 3.8) is 0 Å². The van der Waals surface area contributed by atoms with Gasteiger partial charge in [-0.3, -0.25) is 14.9 Å². The lowest BCUT2D eigenvalue weighted by Crippen LogP contribution is -2.59. The Morgan fingerprint density at radius 2 is 2.16 bits per heavy atom. The second-order valence-corrected chi connectivity index (χ2v) is 8.58. The molecule has 3 aliphatic rings. The van der Waals surface area contributed by atoms with E-state index in [9.17, 15) is 14.0 Å². The summed E-state index contributed by atoms with van der Waals surface area (Å²) in [5, 5.41) is 18.1. The fourth-order valence-electron chi connectivity index (χ4n) is 4.47. The second kappa shape index (κ2) is 8.77. The smallest absolute Gasteiger partial charge is 0.247 e. The first-order valence-electron chi connectivity index (χ1n) is 10.8. The molecule has 164 valence electrons. The second-order valence-electron chi connectivity index (χ2n) is 8.58. The van der Waals surface area contributed by atoms with Gasteiger partial charge in [0, 0.05) is 23.1 Å². The standard InChI is InChI=1S/C23H27FN4O3/c1-12-17(10-20(29)27-13(2)16-6-3-14(11-25)9-18(16)24)22(30)28-19-7-8-26-23(21(12)19)31-15-4-5-15/h3,6,9,13,15,19,21,23,26H,4-5,7-8,10H2,1-2H3,(H,27,29)(H,28,30)/t13-,19?,21?,23?/m0/s1. The van der Waals surface area contributed by atoms with E-state index in [0.29, 0.717) is 11.1 Å². The van der Waals surface area contributed by atoms with Gasteiger partial charge in [0.15, 0.2) is 0 Å². The van der Waals surface area contributed by atoms with Gasteiger partial charge in [-0.15, -0.1) is 0 Å². The van der Waals surface area contributed by atoms with Crippen LogP contribution in [0.2, 0.25) is 0 Å². The van der Waals surface area contributed by atoms with Crippen LogP contribution < -0.4 is 16.0 Å². The van der Waals surface area contributed by atoms with Crippen molar-refractivity contribution in [2.45, 2.75) is 63.9 Å². The molecule has 4 rings (SSSR count). The molecular weight excluding hydrogens is 399 g/mol. The van der Waals surface area contributed by atoms with Crippen LogP contribution in [0.3, 0.4) is 0 Å². The maximum Gasteiger partial charge on any atom is 0.247 e. The van der Waals surface area contributed by atoms with Crippen LogP contribution in [-0.4, -0.2) is 36.7 Å². The van der Waals surface area contributed by atoms with E-state index in [-0.39, 0.29) is 48.1 Å². The Balaban J connectivity index is 1.47. The number of carbonyl (C=O) groups is 2. The molecule has 31 heavy (non-hydrogen) atoms. The Kier molecular flexibility index (Phi) is 6.08. The molecule has 3 N–H and O–H groups in total. The van der Waals surface area contributed by atoms with Crippen molar-refractivity contribution in [1.82, 2.24) is 16.0 Å². The Bertz CT molecular complexity index is 966. The molecule has 2 fully saturated rings. The summed E-state index contributed by atoms with van der Waals surface area (Å²) in [5.74, 6) is -1.14. The highest BCUT2D eigenvalue weighted by molar-refractivity contribution is 6.00. The number of nitrogens with one attached hydrogen (secondary N) is 3. The Morgan fingerprint density at radius 3 is 2.84 bits per heavy atom. The predicted molar refractivity (Wildman–Crippen MR) is 111 cm³/mol. The van der Waals surface area contributed by atoms with Gasteiger partial charge in [-0.1, -0.05) is 11.6 Å². The van der Waals surface area contributed by atoms with Gasteiger partial charge in [-0.25, -0.2) is 4.39 Å². The summed E-state index contributed by atoms with van der Waals surface area (Å²) in [6.45, 7) is 4.35. The molecule has 1 aromatic carbocycles. The van der Waals surface area contributed by atoms with E-state index < -0.39 is 11.9 Å². The topological polar surface area (TPSA) is 103 Å². The molecule has 1 aliphatic carbocycles. The number of piperidine rings is 1. The third-order valence-corrected chi connectivity index (χ3v) is 6.30. The summed E-state index contributed by atoms with van der Waals surface area (Å²) in [7, 11) is 0. The molecule has 0 spiro atoms. The number of nitriles is 1. The maximum absolute atomic E-state index is 14.3. The van der Waals surface area contributed by atoms with Crippen LogP contribution in [0, 0.1) is 23.1 Å². The SMILES string of the molecule is CC1=C(CC(=O)N[C@@H](C)c2ccc(C#N)cc2F)C(=O)NC2CCNC(OC3CC3)C12. The van der Waals surface area contributed by atoms with E-state index in [1.165, 1.54) is 12.1 Å². The number of carbonyl (C=O) groups excluding carboxylic acids is 2. The third kappa shape index (κ3) is 4.63. The van der Waals surface area contributed by atoms with Crippen LogP contribution in [0.15, 0.2) is 29.3 Å². The number of fused-ring (bicyclic) bond motifs is 1. The molecule has 0 bridgehead atoms. The van der Waals surface area contributed by atoms with Crippen molar-refractivity contribution in [1.29, 1.82) is 5.26 Å². The van der Waals surface area contributed by atoms with Gasteiger partial charge in [-0.05, 0) is 51.8 Å². The minimum Gasteiger partial charge on any atom is -0.359 e. The van der Waals surface area contributed by atoms with Crippen LogP contribution in [0.1, 0.15) is 56.7 Å². The fourth-order valence-corrected chi connectivity index (χ4v) is 4.47. The first-order chi connectivity index (χ1) is 14.9. The minimum absolute atomic E-state index is 0.00372. The molecule has 4 atom stereocenters. The summed E-state index contributed by atoms with van der Waals surface area (Å²) in [6, 6.07) is 5.44. The maximum atomic E-state index is 14.3. The Hall–Kier alpha value is -2.76. The van der Waals surface area contributed by atoms with Gasteiger partial charge in [0.05, 0.1) is 30.2 Å². The first kappa shape index (κ1) is 21.5. The minimum atomic E-state index is -0.595. The summed E-state index contributed by atoms with van der Waals surface area (Å²) in [5.41, 5.74) is 1.83. The predicted octanol–water partition coefficient (Wildman–Crippen LogP) is 2.19. The van der Waals surface area contributed by atoms with E-state index in [0.717, 1.165) is 37.4 Å². The number of amides is 2. The molecule has 2 aliphatic heterocycles. The molecule has 3 unspecified atom stereocenters. The number of ether oxygens (including phenoxy) is 1. The fraction of sp³-hybridized carbons (Fsp3) is 0.522. The van der Waals surface area contributed by atoms with Crippen molar-refractivity contribution in [3.05, 3.63) is 46.3 Å². The van der Waals surface area contributed by atoms with Gasteiger partial charge < -0.3 is 15.4 Å². The monoisotopic (exact) mass is 426 g/mol. The van der Waals surface area contributed by atoms with Crippen molar-refractivity contribution in [2.24, 2.45) is 5.92 Å². The Labute approximate surface area is 181 Å². The van der Waals surface area contributed by atoms with Gasteiger partial charge >= 0.3 is 0 Å². The third-order valence-electron chi connectivity index (χ3n) is 6.30. The summed E-state index contributed by atoms with van der Waals surface area (Å²) in [4.78, 5) is 25.4. The number of hydrogen-bond acceptors (Lipinski definition) is 5. The number of rotatable bonds is 6. The largest absolute Gasteiger partial charge is 0.359 e. The number of hydrogen-bond donors (Lipinski definition) is 3. The van der Waals surface area contributed by atoms with Gasteiger partial charge in [0.2, 0.25) is 11.8 Å². The van der Waals surface area contributed by atoms with E-state index in [1.807, 2.05) is 13.0 Å². The van der Waals surface area contributed by atoms with Gasteiger partial charge in [0.1, 0.15) is 12.0 Å². The van der Waals surface area contributed by atoms with Gasteiger partial charge in [-0.2, -0.15) is 5.26 Å². The van der Waals surface area contributed by atoms with Crippen molar-refractivity contribution >= 4 is 11.8 Å². The lowest BCUT2D eigenvalue weighted by molar-refractivity contribution is -0.125. The molecule has 7 nitrogen and oxygen atoms in total. The number of halogens is 1. The van der Waals surface area contributed by atoms with Crippen molar-refractivity contribution in [2.75, 3.05) is 6.54 Å². The molecule has 1 saturated carbocycles. The van der Waals surface area contributed by atoms with Crippen molar-refractivity contribution in [3.8, 4) is 6.07 Å².